The molecule has 0 bridgehead atoms. The molecular weight excluding hydrogens is 276 g/mol. The van der Waals surface area contributed by atoms with Gasteiger partial charge in [-0.25, -0.2) is 4.79 Å². The van der Waals surface area contributed by atoms with Gasteiger partial charge >= 0.3 is 5.97 Å². The van der Waals surface area contributed by atoms with E-state index >= 15 is 0 Å². The summed E-state index contributed by atoms with van der Waals surface area (Å²) in [6.45, 7) is 5.76. The molecule has 0 heterocycles. The molecule has 0 unspecified atom stereocenters. The summed E-state index contributed by atoms with van der Waals surface area (Å²) in [4.78, 5) is 11.5. The molecule has 1 aromatic carbocycles. The Bertz CT molecular complexity index is 472. The van der Waals surface area contributed by atoms with Crippen LogP contribution in [0.1, 0.15) is 31.1 Å². The molecule has 0 fully saturated rings. The second-order valence-corrected chi connectivity index (χ2v) is 5.33. The van der Waals surface area contributed by atoms with Gasteiger partial charge in [0, 0.05) is 5.69 Å². The van der Waals surface area contributed by atoms with E-state index in [-0.39, 0.29) is 12.6 Å². The summed E-state index contributed by atoms with van der Waals surface area (Å²) >= 11 is 5.15. The molecule has 0 amide bonds. The fourth-order valence-corrected chi connectivity index (χ4v) is 1.81. The van der Waals surface area contributed by atoms with Crippen molar-refractivity contribution in [3.05, 3.63) is 29.8 Å². The average molecular weight is 296 g/mol. The van der Waals surface area contributed by atoms with Gasteiger partial charge in [0.2, 0.25) is 0 Å². The van der Waals surface area contributed by atoms with Crippen LogP contribution in [0, 0.1) is 0 Å². The van der Waals surface area contributed by atoms with E-state index in [4.69, 9.17) is 22.1 Å². The Morgan fingerprint density at radius 1 is 1.35 bits per heavy atom. The van der Waals surface area contributed by atoms with Crippen molar-refractivity contribution >= 4 is 29.0 Å². The molecule has 0 aliphatic heterocycles. The number of nitrogens with one attached hydrogen (secondary N) is 2. The highest BCUT2D eigenvalue weighted by atomic mass is 32.1. The van der Waals surface area contributed by atoms with Crippen LogP contribution in [0.15, 0.2) is 24.3 Å². The molecule has 3 N–H and O–H groups in total. The Kier molecular flexibility index (Phi) is 5.91. The van der Waals surface area contributed by atoms with E-state index in [1.54, 1.807) is 31.2 Å². The van der Waals surface area contributed by atoms with E-state index in [1.165, 1.54) is 0 Å². The van der Waals surface area contributed by atoms with Gasteiger partial charge in [-0.1, -0.05) is 0 Å². The van der Waals surface area contributed by atoms with Gasteiger partial charge in [-0.15, -0.1) is 0 Å². The van der Waals surface area contributed by atoms with E-state index in [0.717, 1.165) is 5.69 Å². The fourth-order valence-electron chi connectivity index (χ4n) is 1.41. The summed E-state index contributed by atoms with van der Waals surface area (Å²) in [5, 5.41) is 15.5. The molecule has 1 rings (SSSR count). The van der Waals surface area contributed by atoms with Crippen molar-refractivity contribution in [1.82, 2.24) is 5.32 Å². The molecule has 0 saturated carbocycles. The fraction of sp³-hybridized carbons (Fsp3) is 0.429. The summed E-state index contributed by atoms with van der Waals surface area (Å²) in [6, 6.07) is 6.82. The Labute approximate surface area is 124 Å². The molecule has 0 atom stereocenters. The normalized spacial score (nSPS) is 10.8. The molecular formula is C14H20N2O3S. The number of carbonyl (C=O) groups is 1. The largest absolute Gasteiger partial charge is 0.462 e. The first-order chi connectivity index (χ1) is 9.38. The Hall–Kier alpha value is -1.66. The number of rotatable bonds is 5. The number of thiocarbonyl (C=S) groups is 1. The number of esters is 1. The predicted molar refractivity (Wildman–Crippen MR) is 82.9 cm³/mol. The standard InChI is InChI=1S/C14H20N2O3S/c1-4-19-12(18)10-5-7-11(8-6-10)15-13(20)16-14(2,3)9-17/h5-8,17H,4,9H2,1-3H3,(H2,15,16,20). The number of aliphatic hydroxyl groups is 1. The molecule has 6 heteroatoms. The first-order valence-corrected chi connectivity index (χ1v) is 6.76. The van der Waals surface area contributed by atoms with Gasteiger partial charge < -0.3 is 20.5 Å². The summed E-state index contributed by atoms with van der Waals surface area (Å²) in [5.41, 5.74) is 0.755. The molecule has 110 valence electrons. The van der Waals surface area contributed by atoms with Crippen molar-refractivity contribution in [2.75, 3.05) is 18.5 Å². The number of carbonyl (C=O) groups excluding carboxylic acids is 1. The quantitative estimate of drug-likeness (QED) is 0.570. The van der Waals surface area contributed by atoms with Gasteiger partial charge in [-0.2, -0.15) is 0 Å². The zero-order valence-corrected chi connectivity index (χ0v) is 12.7. The van der Waals surface area contributed by atoms with Gasteiger partial charge in [0.15, 0.2) is 5.11 Å². The summed E-state index contributed by atoms with van der Waals surface area (Å²) in [6.07, 6.45) is 0. The van der Waals surface area contributed by atoms with Crippen molar-refractivity contribution in [3.63, 3.8) is 0 Å². The van der Waals surface area contributed by atoms with Gasteiger partial charge in [0.25, 0.3) is 0 Å². The highest BCUT2D eigenvalue weighted by molar-refractivity contribution is 7.80. The maximum absolute atomic E-state index is 11.5. The molecule has 0 aliphatic carbocycles. The summed E-state index contributed by atoms with van der Waals surface area (Å²) in [5.74, 6) is -0.346. The molecule has 0 aromatic heterocycles. The third kappa shape index (κ3) is 5.14. The minimum Gasteiger partial charge on any atom is -0.462 e. The molecule has 5 nitrogen and oxygen atoms in total. The number of benzene rings is 1. The van der Waals surface area contributed by atoms with Crippen LogP contribution in [0.3, 0.4) is 0 Å². The maximum atomic E-state index is 11.5. The topological polar surface area (TPSA) is 70.6 Å². The Morgan fingerprint density at radius 2 is 1.95 bits per heavy atom. The lowest BCUT2D eigenvalue weighted by Gasteiger charge is -2.25. The molecule has 20 heavy (non-hydrogen) atoms. The van der Waals surface area contributed by atoms with Crippen LogP contribution in [-0.2, 0) is 4.74 Å². The first-order valence-electron chi connectivity index (χ1n) is 6.35. The monoisotopic (exact) mass is 296 g/mol. The number of hydrogen-bond acceptors (Lipinski definition) is 4. The van der Waals surface area contributed by atoms with Crippen LogP contribution in [0.5, 0.6) is 0 Å². The van der Waals surface area contributed by atoms with Gasteiger partial charge in [0.1, 0.15) is 0 Å². The van der Waals surface area contributed by atoms with Crippen molar-refractivity contribution < 1.29 is 14.6 Å². The highest BCUT2D eigenvalue weighted by Gasteiger charge is 2.17. The molecule has 0 spiro atoms. The van der Waals surface area contributed by atoms with Gasteiger partial charge in [-0.05, 0) is 57.3 Å². The van der Waals surface area contributed by atoms with E-state index in [2.05, 4.69) is 10.6 Å². The van der Waals surface area contributed by atoms with Gasteiger partial charge in [-0.3, -0.25) is 0 Å². The third-order valence-electron chi connectivity index (χ3n) is 2.50. The predicted octanol–water partition coefficient (Wildman–Crippen LogP) is 1.92. The summed E-state index contributed by atoms with van der Waals surface area (Å²) < 4.78 is 4.90. The SMILES string of the molecule is CCOC(=O)c1ccc(NC(=S)NC(C)(C)CO)cc1. The number of hydrogen-bond donors (Lipinski definition) is 3. The molecule has 0 aliphatic rings. The van der Waals surface area contributed by atoms with E-state index in [1.807, 2.05) is 13.8 Å². The van der Waals surface area contributed by atoms with Crippen LogP contribution in [0.2, 0.25) is 0 Å². The zero-order valence-electron chi connectivity index (χ0n) is 11.9. The lowest BCUT2D eigenvalue weighted by Crippen LogP contribution is -2.47. The second-order valence-electron chi connectivity index (χ2n) is 4.92. The van der Waals surface area contributed by atoms with Gasteiger partial charge in [0.05, 0.1) is 24.3 Å². The average Bonchev–Trinajstić information content (AvgIpc) is 2.39. The lowest BCUT2D eigenvalue weighted by atomic mass is 10.1. The van der Waals surface area contributed by atoms with Crippen molar-refractivity contribution in [1.29, 1.82) is 0 Å². The van der Waals surface area contributed by atoms with E-state index in [0.29, 0.717) is 17.3 Å². The second kappa shape index (κ2) is 7.21. The van der Waals surface area contributed by atoms with Crippen LogP contribution in [0.4, 0.5) is 5.69 Å². The minimum atomic E-state index is -0.491. The van der Waals surface area contributed by atoms with E-state index in [9.17, 15) is 4.79 Å². The van der Waals surface area contributed by atoms with Crippen molar-refractivity contribution in [2.45, 2.75) is 26.3 Å². The molecule has 0 saturated heterocycles. The van der Waals surface area contributed by atoms with Crippen molar-refractivity contribution in [3.8, 4) is 0 Å². The number of anilines is 1. The Balaban J connectivity index is 2.62. The number of aliphatic hydroxyl groups excluding tert-OH is 1. The smallest absolute Gasteiger partial charge is 0.338 e. The summed E-state index contributed by atoms with van der Waals surface area (Å²) in [7, 11) is 0. The van der Waals surface area contributed by atoms with Crippen LogP contribution < -0.4 is 10.6 Å². The van der Waals surface area contributed by atoms with Crippen LogP contribution >= 0.6 is 12.2 Å². The maximum Gasteiger partial charge on any atom is 0.338 e. The lowest BCUT2D eigenvalue weighted by molar-refractivity contribution is 0.0526. The number of ether oxygens (including phenoxy) is 1. The minimum absolute atomic E-state index is 0.0311. The van der Waals surface area contributed by atoms with Crippen molar-refractivity contribution in [2.24, 2.45) is 0 Å². The van der Waals surface area contributed by atoms with Crippen LogP contribution in [0.25, 0.3) is 0 Å². The highest BCUT2D eigenvalue weighted by Crippen LogP contribution is 2.11. The van der Waals surface area contributed by atoms with Crippen LogP contribution in [-0.4, -0.2) is 34.9 Å². The molecule has 0 radical (unpaired) electrons. The molecule has 1 aromatic rings. The zero-order chi connectivity index (χ0) is 15.2. The Morgan fingerprint density at radius 3 is 2.45 bits per heavy atom. The first kappa shape index (κ1) is 16.4. The van der Waals surface area contributed by atoms with E-state index < -0.39 is 5.54 Å². The third-order valence-corrected chi connectivity index (χ3v) is 2.71.